The van der Waals surface area contributed by atoms with Gasteiger partial charge in [0.05, 0.1) is 24.0 Å². The number of amides is 3. The Morgan fingerprint density at radius 3 is 2.55 bits per heavy atom. The molecule has 3 saturated heterocycles. The molecule has 3 fully saturated rings. The number of hydrogen-bond donors (Lipinski definition) is 3. The van der Waals surface area contributed by atoms with E-state index in [-0.39, 0.29) is 41.2 Å². The smallest absolute Gasteiger partial charge is 0.409 e. The van der Waals surface area contributed by atoms with Crippen LogP contribution in [0.3, 0.4) is 0 Å². The Morgan fingerprint density at radius 2 is 1.84 bits per heavy atom. The van der Waals surface area contributed by atoms with Crippen molar-refractivity contribution in [2.24, 2.45) is 5.92 Å². The molecule has 168 valence electrons. The number of nitrogens with one attached hydrogen (secondary N) is 3. The molecule has 0 bridgehead atoms. The van der Waals surface area contributed by atoms with E-state index in [2.05, 4.69) is 16.1 Å². The van der Waals surface area contributed by atoms with E-state index >= 15 is 0 Å². The number of para-hydroxylation sites is 1. The van der Waals surface area contributed by atoms with E-state index in [1.54, 1.807) is 16.7 Å². The highest BCUT2D eigenvalue weighted by atomic mass is 32.2. The Bertz CT molecular complexity index is 804. The van der Waals surface area contributed by atoms with Gasteiger partial charge < -0.3 is 19.9 Å². The lowest BCUT2D eigenvalue weighted by molar-refractivity contribution is -0.130. The molecule has 1 aromatic carbocycles. The van der Waals surface area contributed by atoms with Gasteiger partial charge in [0.15, 0.2) is 0 Å². The molecule has 10 nitrogen and oxygen atoms in total. The van der Waals surface area contributed by atoms with Crippen molar-refractivity contribution in [3.8, 4) is 0 Å². The van der Waals surface area contributed by atoms with Gasteiger partial charge in [-0.2, -0.15) is 0 Å². The lowest BCUT2D eigenvalue weighted by Crippen LogP contribution is -2.63. The van der Waals surface area contributed by atoms with Crippen molar-refractivity contribution in [1.82, 2.24) is 25.9 Å². The highest BCUT2D eigenvalue weighted by Gasteiger charge is 2.44. The van der Waals surface area contributed by atoms with Crippen LogP contribution in [0.4, 0.5) is 10.5 Å². The fourth-order valence-corrected chi connectivity index (χ4v) is 4.90. The number of benzene rings is 1. The second-order valence-corrected chi connectivity index (χ2v) is 8.65. The van der Waals surface area contributed by atoms with Gasteiger partial charge in [-0.05, 0) is 19.1 Å². The van der Waals surface area contributed by atoms with Crippen molar-refractivity contribution in [2.75, 3.05) is 50.1 Å². The molecule has 0 saturated carbocycles. The van der Waals surface area contributed by atoms with Crippen molar-refractivity contribution in [3.05, 3.63) is 30.3 Å². The highest BCUT2D eigenvalue weighted by Crippen LogP contribution is 2.26. The quantitative estimate of drug-likeness (QED) is 0.578. The number of fused-ring (bicyclic) bond motifs is 1. The van der Waals surface area contributed by atoms with E-state index in [4.69, 9.17) is 4.74 Å². The van der Waals surface area contributed by atoms with Crippen molar-refractivity contribution in [3.63, 3.8) is 0 Å². The third-order valence-corrected chi connectivity index (χ3v) is 6.64. The van der Waals surface area contributed by atoms with Gasteiger partial charge in [-0.3, -0.25) is 19.9 Å². The van der Waals surface area contributed by atoms with Gasteiger partial charge in [0.25, 0.3) is 0 Å². The number of ether oxygens (including phenoxy) is 1. The maximum atomic E-state index is 12.6. The first-order valence-electron chi connectivity index (χ1n) is 10.5. The van der Waals surface area contributed by atoms with Gasteiger partial charge in [-0.1, -0.05) is 18.2 Å². The van der Waals surface area contributed by atoms with Crippen LogP contribution in [0.1, 0.15) is 6.92 Å². The summed E-state index contributed by atoms with van der Waals surface area (Å²) in [5, 5.41) is 8.38. The number of carbonyl (C=O) groups excluding carboxylic acids is 3. The molecule has 31 heavy (non-hydrogen) atoms. The summed E-state index contributed by atoms with van der Waals surface area (Å²) in [6, 6.07) is 9.85. The molecule has 0 radical (unpaired) electrons. The summed E-state index contributed by atoms with van der Waals surface area (Å²) in [5.41, 5.74) is 3.91. The van der Waals surface area contributed by atoms with Gasteiger partial charge in [0.2, 0.25) is 11.8 Å². The molecule has 3 aliphatic rings. The molecule has 3 heterocycles. The van der Waals surface area contributed by atoms with Gasteiger partial charge in [-0.15, -0.1) is 11.8 Å². The number of piperazine rings is 1. The summed E-state index contributed by atoms with van der Waals surface area (Å²) in [4.78, 5) is 40.4. The molecule has 0 aromatic heterocycles. The Hall–Kier alpha value is -2.50. The Balaban J connectivity index is 1.28. The maximum absolute atomic E-state index is 12.6. The minimum Gasteiger partial charge on any atom is -0.450 e. The summed E-state index contributed by atoms with van der Waals surface area (Å²) >= 11 is 1.37. The minimum atomic E-state index is -0.357. The summed E-state index contributed by atoms with van der Waals surface area (Å²) in [7, 11) is 0. The lowest BCUT2D eigenvalue weighted by atomic mass is 10.1. The predicted molar refractivity (Wildman–Crippen MR) is 117 cm³/mol. The predicted octanol–water partition coefficient (Wildman–Crippen LogP) is -0.00960. The Morgan fingerprint density at radius 1 is 1.13 bits per heavy atom. The van der Waals surface area contributed by atoms with Crippen LogP contribution < -0.4 is 21.1 Å². The molecule has 4 rings (SSSR count). The lowest BCUT2D eigenvalue weighted by Gasteiger charge is -2.37. The zero-order valence-corrected chi connectivity index (χ0v) is 18.3. The maximum Gasteiger partial charge on any atom is 0.409 e. The van der Waals surface area contributed by atoms with E-state index in [1.807, 2.05) is 35.3 Å². The van der Waals surface area contributed by atoms with E-state index in [0.29, 0.717) is 39.3 Å². The molecule has 0 spiro atoms. The third kappa shape index (κ3) is 4.89. The molecule has 3 unspecified atom stereocenters. The zero-order valence-electron chi connectivity index (χ0n) is 17.5. The van der Waals surface area contributed by atoms with Gasteiger partial charge in [0.1, 0.15) is 11.7 Å². The van der Waals surface area contributed by atoms with Crippen molar-refractivity contribution in [1.29, 1.82) is 0 Å². The van der Waals surface area contributed by atoms with Crippen molar-refractivity contribution >= 4 is 35.4 Å². The van der Waals surface area contributed by atoms with Crippen LogP contribution in [0.2, 0.25) is 0 Å². The average molecular weight is 449 g/mol. The van der Waals surface area contributed by atoms with Crippen LogP contribution in [0.5, 0.6) is 0 Å². The Labute approximate surface area is 185 Å². The molecule has 3 aliphatic heterocycles. The highest BCUT2D eigenvalue weighted by molar-refractivity contribution is 8.00. The summed E-state index contributed by atoms with van der Waals surface area (Å²) in [6.07, 6.45) is -0.516. The van der Waals surface area contributed by atoms with Gasteiger partial charge in [-0.25, -0.2) is 10.2 Å². The van der Waals surface area contributed by atoms with Crippen LogP contribution in [-0.2, 0) is 14.3 Å². The number of rotatable bonds is 5. The zero-order chi connectivity index (χ0) is 21.8. The second-order valence-electron chi connectivity index (χ2n) is 7.55. The second kappa shape index (κ2) is 9.75. The van der Waals surface area contributed by atoms with Crippen LogP contribution in [0, 0.1) is 5.92 Å². The fraction of sp³-hybridized carbons (Fsp3) is 0.550. The first-order chi connectivity index (χ1) is 15.1. The standard InChI is InChI=1S/C20H28N6O4S/c1-2-30-20(29)25-10-8-24(9-11-25)16(27)13-31-19-22-17-15(18(28)23-19)12-21-26(17)14-6-4-3-5-7-14/h3-7,15,17,19,21-22H,2,8-13H2,1H3,(H,23,28). The SMILES string of the molecule is CCOC(=O)N1CCN(C(=O)CSC2NC(=O)C3CNN(c4ccccc4)C3N2)CC1. The average Bonchev–Trinajstić information content (AvgIpc) is 3.23. The van der Waals surface area contributed by atoms with E-state index in [9.17, 15) is 14.4 Å². The van der Waals surface area contributed by atoms with Crippen molar-refractivity contribution in [2.45, 2.75) is 18.6 Å². The number of anilines is 1. The molecular formula is C20H28N6O4S. The fourth-order valence-electron chi connectivity index (χ4n) is 3.98. The summed E-state index contributed by atoms with van der Waals surface area (Å²) < 4.78 is 5.01. The Kier molecular flexibility index (Phi) is 6.83. The van der Waals surface area contributed by atoms with E-state index < -0.39 is 0 Å². The first-order valence-corrected chi connectivity index (χ1v) is 11.6. The van der Waals surface area contributed by atoms with Gasteiger partial charge >= 0.3 is 6.09 Å². The molecule has 11 heteroatoms. The number of nitrogens with zero attached hydrogens (tertiary/aromatic N) is 3. The van der Waals surface area contributed by atoms with Crippen LogP contribution >= 0.6 is 11.8 Å². The summed E-state index contributed by atoms with van der Waals surface area (Å²) in [6.45, 7) is 4.57. The number of hydrazine groups is 1. The monoisotopic (exact) mass is 448 g/mol. The topological polar surface area (TPSA) is 106 Å². The number of carbonyl (C=O) groups is 3. The first kappa shape index (κ1) is 21.7. The molecule has 3 N–H and O–H groups in total. The molecule has 1 aromatic rings. The normalized spacial score (nSPS) is 25.8. The molecule has 3 atom stereocenters. The molecule has 0 aliphatic carbocycles. The van der Waals surface area contributed by atoms with E-state index in [1.165, 1.54) is 11.8 Å². The van der Waals surface area contributed by atoms with Crippen LogP contribution in [0.15, 0.2) is 30.3 Å². The molecular weight excluding hydrogens is 420 g/mol. The third-order valence-electron chi connectivity index (χ3n) is 5.64. The van der Waals surface area contributed by atoms with Crippen LogP contribution in [-0.4, -0.2) is 84.5 Å². The van der Waals surface area contributed by atoms with Crippen molar-refractivity contribution < 1.29 is 19.1 Å². The number of thioether (sulfide) groups is 1. The summed E-state index contributed by atoms with van der Waals surface area (Å²) in [5.74, 6) is 0.00979. The number of hydrogen-bond acceptors (Lipinski definition) is 8. The van der Waals surface area contributed by atoms with E-state index in [0.717, 1.165) is 5.69 Å². The minimum absolute atomic E-state index is 0.00357. The molecule has 3 amide bonds. The van der Waals surface area contributed by atoms with Gasteiger partial charge in [0, 0.05) is 32.7 Å². The van der Waals surface area contributed by atoms with Crippen LogP contribution in [0.25, 0.3) is 0 Å². The largest absolute Gasteiger partial charge is 0.450 e.